The third-order valence-electron chi connectivity index (χ3n) is 4.06. The van der Waals surface area contributed by atoms with Gasteiger partial charge in [-0.25, -0.2) is 0 Å². The molecule has 142 valence electrons. The monoisotopic (exact) mass is 374 g/mol. The minimum absolute atomic E-state index is 0.615. The molecule has 0 amide bonds. The fourth-order valence-electron chi connectivity index (χ4n) is 2.60. The molecule has 0 aromatic carbocycles. The fraction of sp³-hybridized carbons (Fsp3) is 1.00. The van der Waals surface area contributed by atoms with E-state index in [1.165, 1.54) is 0 Å². The molecule has 24 heavy (non-hydrogen) atoms. The standard InChI is InChI=1S/C12H22O11S/c13-1-3-5(15)7(17)8(18)11(20-3)22-12-9(19)10(23-24)6(16)4(2-14)21-12/h3-19,24H,1-2H2/t3-,4-,5-,6-,7+,8-,9-,10+,11-,12-/m1/s1. The lowest BCUT2D eigenvalue weighted by atomic mass is 9.98. The Hall–Kier alpha value is -0.0900. The Labute approximate surface area is 142 Å². The maximum Gasteiger partial charge on any atom is 0.189 e. The van der Waals surface area contributed by atoms with Crippen LogP contribution in [0.3, 0.4) is 0 Å². The van der Waals surface area contributed by atoms with Crippen molar-refractivity contribution in [2.45, 2.75) is 61.4 Å². The Morgan fingerprint density at radius 1 is 0.708 bits per heavy atom. The molecule has 2 rings (SSSR count). The number of thiol groups is 1. The molecule has 2 aliphatic rings. The Kier molecular flexibility index (Phi) is 7.19. The molecular weight excluding hydrogens is 352 g/mol. The molecular formula is C12H22O11S. The molecule has 0 aromatic heterocycles. The van der Waals surface area contributed by atoms with Crippen molar-refractivity contribution in [3.63, 3.8) is 0 Å². The first kappa shape index (κ1) is 20.2. The van der Waals surface area contributed by atoms with E-state index in [-0.39, 0.29) is 0 Å². The molecule has 0 bridgehead atoms. The fourth-order valence-corrected chi connectivity index (χ4v) is 2.85. The summed E-state index contributed by atoms with van der Waals surface area (Å²) in [4.78, 5) is 0. The number of aliphatic hydroxyl groups excluding tert-OH is 7. The Balaban J connectivity index is 2.10. The summed E-state index contributed by atoms with van der Waals surface area (Å²) >= 11 is 3.54. The summed E-state index contributed by atoms with van der Waals surface area (Å²) in [5, 5.41) is 67.6. The first-order chi connectivity index (χ1) is 11.3. The highest BCUT2D eigenvalue weighted by Gasteiger charge is 2.50. The van der Waals surface area contributed by atoms with Gasteiger partial charge in [-0.05, 0) is 12.9 Å². The van der Waals surface area contributed by atoms with Crippen LogP contribution in [0.5, 0.6) is 0 Å². The van der Waals surface area contributed by atoms with Crippen LogP contribution in [0.2, 0.25) is 0 Å². The van der Waals surface area contributed by atoms with Gasteiger partial charge in [0.25, 0.3) is 0 Å². The molecule has 0 aliphatic carbocycles. The number of ether oxygens (including phenoxy) is 3. The SMILES string of the molecule is OC[C@H]1O[C@H](O[C@H]2O[C@H](CO)[C@@H](O)[C@H](OS)[C@H]2O)[C@H](O)[C@@H](O)[C@@H]1O. The average Bonchev–Trinajstić information content (AvgIpc) is 2.58. The zero-order valence-electron chi connectivity index (χ0n) is 12.4. The summed E-state index contributed by atoms with van der Waals surface area (Å²) in [5.41, 5.74) is 0. The lowest BCUT2D eigenvalue weighted by Crippen LogP contribution is -2.63. The first-order valence-electron chi connectivity index (χ1n) is 7.24. The highest BCUT2D eigenvalue weighted by atomic mass is 32.1. The molecule has 11 nitrogen and oxygen atoms in total. The van der Waals surface area contributed by atoms with Gasteiger partial charge in [-0.15, -0.1) is 0 Å². The van der Waals surface area contributed by atoms with Crippen molar-refractivity contribution in [2.24, 2.45) is 0 Å². The van der Waals surface area contributed by atoms with Crippen molar-refractivity contribution in [1.29, 1.82) is 0 Å². The van der Waals surface area contributed by atoms with Gasteiger partial charge in [0.1, 0.15) is 48.8 Å². The molecule has 0 saturated carbocycles. The molecule has 2 aliphatic heterocycles. The normalized spacial score (nSPS) is 50.0. The Morgan fingerprint density at radius 2 is 1.21 bits per heavy atom. The van der Waals surface area contributed by atoms with Crippen LogP contribution in [0.25, 0.3) is 0 Å². The second kappa shape index (κ2) is 8.53. The lowest BCUT2D eigenvalue weighted by Gasteiger charge is -2.45. The van der Waals surface area contributed by atoms with E-state index in [0.717, 1.165) is 0 Å². The van der Waals surface area contributed by atoms with Gasteiger partial charge in [0.05, 0.1) is 13.2 Å². The Morgan fingerprint density at radius 3 is 1.71 bits per heavy atom. The first-order valence-corrected chi connectivity index (χ1v) is 7.60. The summed E-state index contributed by atoms with van der Waals surface area (Å²) in [6.45, 7) is -1.27. The van der Waals surface area contributed by atoms with Gasteiger partial charge in [0.15, 0.2) is 12.6 Å². The van der Waals surface area contributed by atoms with E-state index in [1.54, 1.807) is 0 Å². The van der Waals surface area contributed by atoms with Gasteiger partial charge in [-0.2, -0.15) is 0 Å². The zero-order valence-corrected chi connectivity index (χ0v) is 13.3. The predicted octanol–water partition coefficient (Wildman–Crippen LogP) is -4.53. The molecule has 0 radical (unpaired) electrons. The zero-order chi connectivity index (χ0) is 18.0. The van der Waals surface area contributed by atoms with E-state index in [9.17, 15) is 30.6 Å². The van der Waals surface area contributed by atoms with E-state index < -0.39 is 74.6 Å². The number of aliphatic hydroxyl groups is 7. The van der Waals surface area contributed by atoms with Crippen molar-refractivity contribution in [3.05, 3.63) is 0 Å². The molecule has 10 atom stereocenters. The van der Waals surface area contributed by atoms with Gasteiger partial charge >= 0.3 is 0 Å². The third-order valence-corrected chi connectivity index (χ3v) is 4.30. The molecule has 2 heterocycles. The van der Waals surface area contributed by atoms with E-state index in [2.05, 4.69) is 17.1 Å². The smallest absolute Gasteiger partial charge is 0.189 e. The largest absolute Gasteiger partial charge is 0.394 e. The van der Waals surface area contributed by atoms with E-state index >= 15 is 0 Å². The van der Waals surface area contributed by atoms with Crippen molar-refractivity contribution < 1.29 is 54.1 Å². The minimum Gasteiger partial charge on any atom is -0.394 e. The quantitative estimate of drug-likeness (QED) is 0.172. The number of hydrogen-bond donors (Lipinski definition) is 8. The van der Waals surface area contributed by atoms with Crippen LogP contribution in [0.4, 0.5) is 0 Å². The summed E-state index contributed by atoms with van der Waals surface area (Å²) in [6.07, 6.45) is -14.6. The minimum atomic E-state index is -1.70. The van der Waals surface area contributed by atoms with Crippen molar-refractivity contribution >= 4 is 12.9 Å². The highest BCUT2D eigenvalue weighted by Crippen LogP contribution is 2.29. The number of rotatable bonds is 5. The van der Waals surface area contributed by atoms with E-state index in [0.29, 0.717) is 0 Å². The second-order valence-electron chi connectivity index (χ2n) is 5.61. The third kappa shape index (κ3) is 3.85. The maximum atomic E-state index is 10.1. The highest BCUT2D eigenvalue weighted by molar-refractivity contribution is 7.75. The van der Waals surface area contributed by atoms with Gasteiger partial charge in [0.2, 0.25) is 0 Å². The second-order valence-corrected chi connectivity index (χ2v) is 5.82. The molecule has 12 heteroatoms. The van der Waals surface area contributed by atoms with Crippen molar-refractivity contribution in [1.82, 2.24) is 0 Å². The van der Waals surface area contributed by atoms with Crippen LogP contribution < -0.4 is 0 Å². The van der Waals surface area contributed by atoms with Crippen molar-refractivity contribution in [3.8, 4) is 0 Å². The average molecular weight is 374 g/mol. The summed E-state index contributed by atoms with van der Waals surface area (Å²) in [6, 6.07) is 0. The summed E-state index contributed by atoms with van der Waals surface area (Å²) < 4.78 is 20.3. The molecule has 0 unspecified atom stereocenters. The van der Waals surface area contributed by atoms with E-state index in [1.807, 2.05) is 0 Å². The van der Waals surface area contributed by atoms with Crippen LogP contribution in [0, 0.1) is 0 Å². The maximum absolute atomic E-state index is 10.1. The van der Waals surface area contributed by atoms with Gasteiger partial charge < -0.3 is 54.1 Å². The lowest BCUT2D eigenvalue weighted by molar-refractivity contribution is -0.374. The van der Waals surface area contributed by atoms with Crippen LogP contribution in [0.1, 0.15) is 0 Å². The van der Waals surface area contributed by atoms with Gasteiger partial charge in [-0.3, -0.25) is 0 Å². The molecule has 0 spiro atoms. The molecule has 2 fully saturated rings. The van der Waals surface area contributed by atoms with Crippen LogP contribution in [-0.4, -0.2) is 110 Å². The van der Waals surface area contributed by atoms with Gasteiger partial charge in [0, 0.05) is 0 Å². The van der Waals surface area contributed by atoms with E-state index in [4.69, 9.17) is 19.3 Å². The molecule has 0 aromatic rings. The van der Waals surface area contributed by atoms with Gasteiger partial charge in [-0.1, -0.05) is 0 Å². The summed E-state index contributed by atoms with van der Waals surface area (Å²) in [5.74, 6) is 0. The predicted molar refractivity (Wildman–Crippen MR) is 76.5 cm³/mol. The summed E-state index contributed by atoms with van der Waals surface area (Å²) in [7, 11) is 0. The molecule has 2 saturated heterocycles. The molecule has 7 N–H and O–H groups in total. The Bertz CT molecular complexity index is 399. The van der Waals surface area contributed by atoms with Crippen LogP contribution in [0.15, 0.2) is 0 Å². The number of hydrogen-bond acceptors (Lipinski definition) is 12. The van der Waals surface area contributed by atoms with Crippen molar-refractivity contribution in [2.75, 3.05) is 13.2 Å². The van der Waals surface area contributed by atoms with Crippen LogP contribution in [-0.2, 0) is 18.4 Å². The van der Waals surface area contributed by atoms with Crippen LogP contribution >= 0.6 is 12.9 Å². The topological polar surface area (TPSA) is 179 Å².